The van der Waals surface area contributed by atoms with Gasteiger partial charge in [0.2, 0.25) is 0 Å². The minimum absolute atomic E-state index is 0.0878. The Morgan fingerprint density at radius 2 is 1.54 bits per heavy atom. The van der Waals surface area contributed by atoms with E-state index >= 15 is 4.79 Å². The predicted molar refractivity (Wildman–Crippen MR) is 148 cm³/mol. The number of hydrogen-bond donors (Lipinski definition) is 1. The predicted octanol–water partition coefficient (Wildman–Crippen LogP) is 5.57. The van der Waals surface area contributed by atoms with Crippen LogP contribution in [-0.4, -0.2) is 37.3 Å². The molecule has 1 N–H and O–H groups in total. The first-order valence-corrected chi connectivity index (χ1v) is 13.1. The number of likely N-dealkylation sites (N-methyl/N-ethyl adjacent to an activating group) is 1. The number of ether oxygens (including phenoxy) is 2. The zero-order chi connectivity index (χ0) is 26.8. The number of nitrogens with one attached hydrogen (secondary N) is 1. The molecule has 1 saturated heterocycles. The Morgan fingerprint density at radius 1 is 0.846 bits per heavy atom. The number of carbonyl (C=O) groups excluding carboxylic acids is 2. The second-order valence-electron chi connectivity index (χ2n) is 10.5. The van der Waals surface area contributed by atoms with E-state index in [2.05, 4.69) is 10.2 Å². The Labute approximate surface area is 227 Å². The van der Waals surface area contributed by atoms with Crippen LogP contribution in [-0.2, 0) is 10.3 Å². The van der Waals surface area contributed by atoms with Gasteiger partial charge in [0.1, 0.15) is 28.6 Å². The number of fused-ring (bicyclic) bond motifs is 4. The number of anilines is 1. The van der Waals surface area contributed by atoms with E-state index in [9.17, 15) is 4.79 Å². The fourth-order valence-corrected chi connectivity index (χ4v) is 7.33. The Bertz CT molecular complexity index is 1600. The van der Waals surface area contributed by atoms with Gasteiger partial charge in [0.05, 0.1) is 12.7 Å². The van der Waals surface area contributed by atoms with Gasteiger partial charge in [-0.2, -0.15) is 0 Å². The molecule has 0 aliphatic carbocycles. The van der Waals surface area contributed by atoms with Gasteiger partial charge in [-0.25, -0.2) is 0 Å². The second-order valence-corrected chi connectivity index (χ2v) is 10.5. The quantitative estimate of drug-likeness (QED) is 0.385. The molecule has 4 aromatic rings. The first kappa shape index (κ1) is 23.7. The molecular weight excluding hydrogens is 488 g/mol. The van der Waals surface area contributed by atoms with Crippen LogP contribution in [0.15, 0.2) is 103 Å². The zero-order valence-electron chi connectivity index (χ0n) is 21.8. The van der Waals surface area contributed by atoms with E-state index < -0.39 is 17.1 Å². The van der Waals surface area contributed by atoms with Gasteiger partial charge in [-0.15, -0.1) is 0 Å². The highest BCUT2D eigenvalue weighted by Gasteiger charge is 2.78. The maximum absolute atomic E-state index is 15.3. The lowest BCUT2D eigenvalue weighted by molar-refractivity contribution is -0.135. The molecule has 194 valence electrons. The Kier molecular flexibility index (Phi) is 5.19. The van der Waals surface area contributed by atoms with Gasteiger partial charge < -0.3 is 14.8 Å². The maximum atomic E-state index is 15.3. The summed E-state index contributed by atoms with van der Waals surface area (Å²) in [4.78, 5) is 31.8. The Morgan fingerprint density at radius 3 is 2.31 bits per heavy atom. The molecule has 1 fully saturated rings. The van der Waals surface area contributed by atoms with Crippen molar-refractivity contribution in [3.63, 3.8) is 0 Å². The molecule has 0 aromatic heterocycles. The van der Waals surface area contributed by atoms with Crippen LogP contribution in [0.3, 0.4) is 0 Å². The molecular formula is C33H28N2O4. The van der Waals surface area contributed by atoms with Gasteiger partial charge in [-0.3, -0.25) is 14.5 Å². The minimum atomic E-state index is -1.32. The largest absolute Gasteiger partial charge is 0.497 e. The highest BCUT2D eigenvalue weighted by molar-refractivity contribution is 6.15. The summed E-state index contributed by atoms with van der Waals surface area (Å²) in [5, 5.41) is 3.13. The maximum Gasteiger partial charge on any atom is 0.250 e. The zero-order valence-corrected chi connectivity index (χ0v) is 21.8. The lowest BCUT2D eigenvalue weighted by atomic mass is 9.53. The standard InChI is InChI=1S/C33H28N2O4/c1-35-20-26(21-16-18-23(38-2)19-17-21)32(33(35)25-13-7-8-14-27(25)34-31(33)37)29(36)24-12-6-9-15-28(24)39-30(32)22-10-4-3-5-11-22/h3-19,26,30H,20H2,1-2H3,(H,34,37)/t26-,30?,32-,33+/m0/s1. The van der Waals surface area contributed by atoms with Crippen LogP contribution >= 0.6 is 0 Å². The van der Waals surface area contributed by atoms with Crippen molar-refractivity contribution in [3.05, 3.63) is 125 Å². The van der Waals surface area contributed by atoms with E-state index in [0.717, 1.165) is 28.1 Å². The van der Waals surface area contributed by atoms with Gasteiger partial charge in [0, 0.05) is 23.7 Å². The minimum Gasteiger partial charge on any atom is -0.497 e. The topological polar surface area (TPSA) is 67.9 Å². The number of carbonyl (C=O) groups is 2. The molecule has 3 aliphatic rings. The van der Waals surface area contributed by atoms with Crippen molar-refractivity contribution in [1.29, 1.82) is 0 Å². The molecule has 4 aromatic carbocycles. The summed E-state index contributed by atoms with van der Waals surface area (Å²) in [5.41, 5.74) is 1.20. The van der Waals surface area contributed by atoms with Crippen LogP contribution in [0.1, 0.15) is 39.1 Å². The molecule has 0 bridgehead atoms. The normalized spacial score (nSPS) is 27.2. The molecule has 39 heavy (non-hydrogen) atoms. The average molecular weight is 517 g/mol. The van der Waals surface area contributed by atoms with Crippen LogP contribution in [0.5, 0.6) is 11.5 Å². The van der Waals surface area contributed by atoms with Crippen molar-refractivity contribution in [1.82, 2.24) is 4.90 Å². The van der Waals surface area contributed by atoms with Gasteiger partial charge in [0.15, 0.2) is 5.78 Å². The van der Waals surface area contributed by atoms with E-state index in [1.54, 1.807) is 7.11 Å². The summed E-state index contributed by atoms with van der Waals surface area (Å²) >= 11 is 0. The highest BCUT2D eigenvalue weighted by atomic mass is 16.5. The highest BCUT2D eigenvalue weighted by Crippen LogP contribution is 2.69. The smallest absolute Gasteiger partial charge is 0.250 e. The Hall–Kier alpha value is -4.42. The van der Waals surface area contributed by atoms with Gasteiger partial charge in [-0.1, -0.05) is 72.8 Å². The van der Waals surface area contributed by atoms with Crippen molar-refractivity contribution >= 4 is 17.4 Å². The number of methoxy groups -OCH3 is 1. The van der Waals surface area contributed by atoms with Crippen LogP contribution in [0.4, 0.5) is 5.69 Å². The number of likely N-dealkylation sites (tertiary alicyclic amines) is 1. The monoisotopic (exact) mass is 516 g/mol. The molecule has 6 nitrogen and oxygen atoms in total. The van der Waals surface area contributed by atoms with E-state index in [4.69, 9.17) is 9.47 Å². The molecule has 4 atom stereocenters. The first-order chi connectivity index (χ1) is 19.0. The third-order valence-corrected chi connectivity index (χ3v) is 8.86. The summed E-state index contributed by atoms with van der Waals surface area (Å²) in [5.74, 6) is 0.604. The molecule has 2 spiro atoms. The summed E-state index contributed by atoms with van der Waals surface area (Å²) in [6, 6.07) is 32.8. The van der Waals surface area contributed by atoms with Crippen molar-refractivity contribution in [2.45, 2.75) is 17.6 Å². The molecule has 3 aliphatic heterocycles. The molecule has 6 heteroatoms. The van der Waals surface area contributed by atoms with Crippen molar-refractivity contribution in [3.8, 4) is 11.5 Å². The number of benzene rings is 4. The lowest BCUT2D eigenvalue weighted by Gasteiger charge is -2.52. The van der Waals surface area contributed by atoms with Crippen LogP contribution < -0.4 is 14.8 Å². The molecule has 7 rings (SSSR count). The van der Waals surface area contributed by atoms with E-state index in [0.29, 0.717) is 17.9 Å². The number of para-hydroxylation sites is 2. The molecule has 3 heterocycles. The third kappa shape index (κ3) is 2.95. The average Bonchev–Trinajstić information content (AvgIpc) is 3.44. The fraction of sp³-hybridized carbons (Fsp3) is 0.212. The van der Waals surface area contributed by atoms with Crippen molar-refractivity contribution < 1.29 is 19.1 Å². The summed E-state index contributed by atoms with van der Waals surface area (Å²) in [6.45, 7) is 0.481. The number of ketones is 1. The van der Waals surface area contributed by atoms with E-state index in [1.807, 2.05) is 110 Å². The molecule has 1 amide bonds. The van der Waals surface area contributed by atoms with E-state index in [1.165, 1.54) is 0 Å². The summed E-state index contributed by atoms with van der Waals surface area (Å²) in [6.07, 6.45) is -0.727. The molecule has 0 radical (unpaired) electrons. The van der Waals surface area contributed by atoms with Gasteiger partial charge >= 0.3 is 0 Å². The molecule has 1 unspecified atom stereocenters. The number of rotatable bonds is 3. The second kappa shape index (κ2) is 8.55. The van der Waals surface area contributed by atoms with Gasteiger partial charge in [0.25, 0.3) is 5.91 Å². The Balaban J connectivity index is 1.61. The lowest BCUT2D eigenvalue weighted by Crippen LogP contribution is -2.63. The summed E-state index contributed by atoms with van der Waals surface area (Å²) < 4.78 is 12.3. The van der Waals surface area contributed by atoms with Gasteiger partial charge in [-0.05, 0) is 48.5 Å². The number of hydrogen-bond acceptors (Lipinski definition) is 5. The van der Waals surface area contributed by atoms with E-state index in [-0.39, 0.29) is 17.6 Å². The van der Waals surface area contributed by atoms with Crippen LogP contribution in [0, 0.1) is 5.41 Å². The summed E-state index contributed by atoms with van der Waals surface area (Å²) in [7, 11) is 3.58. The van der Waals surface area contributed by atoms with Crippen LogP contribution in [0.25, 0.3) is 0 Å². The van der Waals surface area contributed by atoms with Crippen molar-refractivity contribution in [2.24, 2.45) is 5.41 Å². The number of amides is 1. The SMILES string of the molecule is COc1ccc([C@@H]2CN(C)[C@]3(C(=O)Nc4ccccc43)[C@]23C(=O)c2ccccc2OC3c2ccccc2)cc1. The fourth-order valence-electron chi connectivity index (χ4n) is 7.33. The third-order valence-electron chi connectivity index (χ3n) is 8.86. The first-order valence-electron chi connectivity index (χ1n) is 13.1. The van der Waals surface area contributed by atoms with Crippen LogP contribution in [0.2, 0.25) is 0 Å². The number of Topliss-reactive ketones (excluding diaryl/α,β-unsaturated/α-hetero) is 1. The molecule has 0 saturated carbocycles. The van der Waals surface area contributed by atoms with Crippen molar-refractivity contribution in [2.75, 3.05) is 26.0 Å². The number of nitrogens with zero attached hydrogens (tertiary/aromatic N) is 1.